The van der Waals surface area contributed by atoms with E-state index in [9.17, 15) is 17.6 Å². The third kappa shape index (κ3) is 2.71. The van der Waals surface area contributed by atoms with Gasteiger partial charge in [0.2, 0.25) is 5.91 Å². The molecule has 2 aliphatic carbocycles. The van der Waals surface area contributed by atoms with E-state index < -0.39 is 21.6 Å². The largest absolute Gasteiger partial charge is 0.369 e. The zero-order valence-electron chi connectivity index (χ0n) is 13.3. The van der Waals surface area contributed by atoms with Crippen LogP contribution in [0, 0.1) is 40.8 Å². The van der Waals surface area contributed by atoms with Crippen LogP contribution in [0.5, 0.6) is 0 Å². The Morgan fingerprint density at radius 3 is 2.64 bits per heavy atom. The Morgan fingerprint density at radius 2 is 1.96 bits per heavy atom. The molecule has 6 nitrogen and oxygen atoms in total. The van der Waals surface area contributed by atoms with Gasteiger partial charge >= 0.3 is 0 Å². The van der Waals surface area contributed by atoms with Crippen molar-refractivity contribution in [1.82, 2.24) is 5.32 Å². The van der Waals surface area contributed by atoms with E-state index in [-0.39, 0.29) is 53.1 Å². The Morgan fingerprint density at radius 1 is 1.28 bits per heavy atom. The Labute approximate surface area is 144 Å². The number of hydrogen-bond donors (Lipinski definition) is 1. The molecule has 1 heterocycles. The van der Waals surface area contributed by atoms with Crippen molar-refractivity contribution in [2.45, 2.75) is 23.5 Å². The molecule has 6 atom stereocenters. The first-order chi connectivity index (χ1) is 11.9. The lowest BCUT2D eigenvalue weighted by Gasteiger charge is -2.27. The monoisotopic (exact) mass is 364 g/mol. The van der Waals surface area contributed by atoms with Gasteiger partial charge in [0.15, 0.2) is 9.84 Å². The summed E-state index contributed by atoms with van der Waals surface area (Å²) in [6.45, 7) is -0.0981. The number of ether oxygens (including phenoxy) is 1. The van der Waals surface area contributed by atoms with Gasteiger partial charge in [0.1, 0.15) is 12.4 Å². The molecule has 1 amide bonds. The van der Waals surface area contributed by atoms with Crippen molar-refractivity contribution in [2.24, 2.45) is 23.7 Å². The summed E-state index contributed by atoms with van der Waals surface area (Å²) >= 11 is 0. The van der Waals surface area contributed by atoms with Crippen molar-refractivity contribution in [3.05, 3.63) is 30.1 Å². The molecular formula is C17H17FN2O4S. The fourth-order valence-corrected chi connectivity index (χ4v) is 6.32. The van der Waals surface area contributed by atoms with Gasteiger partial charge in [-0.3, -0.25) is 4.79 Å². The number of rotatable bonds is 5. The van der Waals surface area contributed by atoms with Gasteiger partial charge in [-0.05, 0) is 48.4 Å². The van der Waals surface area contributed by atoms with Gasteiger partial charge in [0.05, 0.1) is 28.9 Å². The third-order valence-corrected chi connectivity index (χ3v) is 7.47. The number of benzene rings is 1. The first kappa shape index (κ1) is 16.5. The highest BCUT2D eigenvalue weighted by Gasteiger charge is 2.69. The van der Waals surface area contributed by atoms with Crippen LogP contribution in [-0.2, 0) is 19.4 Å². The van der Waals surface area contributed by atoms with E-state index in [1.54, 1.807) is 0 Å². The van der Waals surface area contributed by atoms with Gasteiger partial charge in [-0.1, -0.05) is 0 Å². The maximum absolute atomic E-state index is 13.1. The number of nitriles is 1. The highest BCUT2D eigenvalue weighted by atomic mass is 32.2. The highest BCUT2D eigenvalue weighted by Crippen LogP contribution is 2.61. The third-order valence-electron chi connectivity index (χ3n) is 5.65. The van der Waals surface area contributed by atoms with Gasteiger partial charge < -0.3 is 10.1 Å². The Bertz CT molecular complexity index is 848. The average molecular weight is 364 g/mol. The smallest absolute Gasteiger partial charge is 0.224 e. The second-order valence-electron chi connectivity index (χ2n) is 6.93. The summed E-state index contributed by atoms with van der Waals surface area (Å²) in [4.78, 5) is 12.5. The minimum Gasteiger partial charge on any atom is -0.369 e. The number of sulfone groups is 1. The number of amides is 1. The molecule has 3 fully saturated rings. The topological polar surface area (TPSA) is 99.6 Å². The van der Waals surface area contributed by atoms with Gasteiger partial charge in [0, 0.05) is 5.92 Å². The molecule has 3 aliphatic rings. The van der Waals surface area contributed by atoms with Gasteiger partial charge in [-0.2, -0.15) is 5.26 Å². The second-order valence-corrected chi connectivity index (χ2v) is 8.96. The lowest BCUT2D eigenvalue weighted by Crippen LogP contribution is -2.43. The first-order valence-corrected chi connectivity index (χ1v) is 9.86. The molecule has 25 heavy (non-hydrogen) atoms. The van der Waals surface area contributed by atoms with E-state index in [1.165, 1.54) is 12.1 Å². The summed E-state index contributed by atoms with van der Waals surface area (Å²) in [7, 11) is -3.64. The number of halogens is 1. The van der Waals surface area contributed by atoms with Crippen LogP contribution in [0.2, 0.25) is 0 Å². The minimum atomic E-state index is -3.64. The number of carbonyl (C=O) groups excluding carboxylic acids is 1. The van der Waals surface area contributed by atoms with Crippen molar-refractivity contribution in [2.75, 3.05) is 12.3 Å². The van der Waals surface area contributed by atoms with Gasteiger partial charge in [-0.25, -0.2) is 12.8 Å². The van der Waals surface area contributed by atoms with Crippen LogP contribution in [0.1, 0.15) is 6.42 Å². The molecule has 1 saturated heterocycles. The normalized spacial score (nSPS) is 35.0. The molecule has 0 aromatic heterocycles. The zero-order chi connectivity index (χ0) is 17.8. The second kappa shape index (κ2) is 5.78. The highest BCUT2D eigenvalue weighted by molar-refractivity contribution is 7.91. The standard InChI is InChI=1S/C17H17FN2O4S/c18-9-1-3-10(4-2-9)25(22,23)8-13-11-7-12(16-15(11)24-16)14(13)17(21)20-6-5-19/h1-4,11-16H,6-8H2,(H,20,21). The lowest BCUT2D eigenvalue weighted by molar-refractivity contribution is -0.127. The van der Waals surface area contributed by atoms with Gasteiger partial charge in [-0.15, -0.1) is 0 Å². The summed E-state index contributed by atoms with van der Waals surface area (Å²) in [6, 6.07) is 6.59. The number of nitrogens with one attached hydrogen (secondary N) is 1. The molecular weight excluding hydrogens is 347 g/mol. The predicted molar refractivity (Wildman–Crippen MR) is 84.3 cm³/mol. The molecule has 8 heteroatoms. The van der Waals surface area contributed by atoms with Crippen LogP contribution in [0.4, 0.5) is 4.39 Å². The molecule has 1 aliphatic heterocycles. The summed E-state index contributed by atoms with van der Waals surface area (Å²) in [6.07, 6.45) is 0.884. The molecule has 0 radical (unpaired) electrons. The van der Waals surface area contributed by atoms with Crippen LogP contribution in [0.25, 0.3) is 0 Å². The van der Waals surface area contributed by atoms with E-state index in [2.05, 4.69) is 5.32 Å². The van der Waals surface area contributed by atoms with Crippen LogP contribution < -0.4 is 5.32 Å². The van der Waals surface area contributed by atoms with E-state index >= 15 is 0 Å². The molecule has 6 unspecified atom stereocenters. The van der Waals surface area contributed by atoms with E-state index in [1.807, 2.05) is 6.07 Å². The quantitative estimate of drug-likeness (QED) is 0.475. The zero-order valence-corrected chi connectivity index (χ0v) is 14.1. The summed E-state index contributed by atoms with van der Waals surface area (Å²) in [5.74, 6) is -1.69. The van der Waals surface area contributed by atoms with Crippen molar-refractivity contribution >= 4 is 15.7 Å². The molecule has 0 spiro atoms. The maximum Gasteiger partial charge on any atom is 0.224 e. The molecule has 2 saturated carbocycles. The molecule has 1 N–H and O–H groups in total. The van der Waals surface area contributed by atoms with Crippen LogP contribution >= 0.6 is 0 Å². The van der Waals surface area contributed by atoms with Crippen molar-refractivity contribution < 1.29 is 22.3 Å². The summed E-state index contributed by atoms with van der Waals surface area (Å²) < 4.78 is 44.1. The van der Waals surface area contributed by atoms with Crippen LogP contribution in [0.15, 0.2) is 29.2 Å². The molecule has 4 rings (SSSR count). The number of fused-ring (bicyclic) bond motifs is 5. The SMILES string of the molecule is N#CCNC(=O)C1C(CS(=O)(=O)c2ccc(F)cc2)C2CC1C1OC21. The Balaban J connectivity index is 1.58. The fourth-order valence-electron chi connectivity index (χ4n) is 4.61. The minimum absolute atomic E-state index is 0.0158. The first-order valence-electron chi connectivity index (χ1n) is 8.21. The molecule has 132 valence electrons. The Kier molecular flexibility index (Phi) is 3.81. The number of carbonyl (C=O) groups is 1. The lowest BCUT2D eigenvalue weighted by atomic mass is 9.80. The summed E-state index contributed by atoms with van der Waals surface area (Å²) in [5, 5.41) is 11.2. The number of nitrogens with zero attached hydrogens (tertiary/aromatic N) is 1. The molecule has 2 bridgehead atoms. The predicted octanol–water partition coefficient (Wildman–Crippen LogP) is 0.889. The maximum atomic E-state index is 13.1. The van der Waals surface area contributed by atoms with Crippen LogP contribution in [0.3, 0.4) is 0 Å². The fraction of sp³-hybridized carbons (Fsp3) is 0.529. The number of epoxide rings is 1. The molecule has 1 aromatic rings. The van der Waals surface area contributed by atoms with Crippen LogP contribution in [-0.4, -0.2) is 38.8 Å². The van der Waals surface area contributed by atoms with Crippen molar-refractivity contribution in [1.29, 1.82) is 5.26 Å². The summed E-state index contributed by atoms with van der Waals surface area (Å²) in [5.41, 5.74) is 0. The van der Waals surface area contributed by atoms with E-state index in [4.69, 9.17) is 10.00 Å². The Hall–Kier alpha value is -1.98. The van der Waals surface area contributed by atoms with Crippen molar-refractivity contribution in [3.63, 3.8) is 0 Å². The number of hydrogen-bond acceptors (Lipinski definition) is 5. The van der Waals surface area contributed by atoms with E-state index in [0.717, 1.165) is 18.6 Å². The van der Waals surface area contributed by atoms with Gasteiger partial charge in [0.25, 0.3) is 0 Å². The molecule has 1 aromatic carbocycles. The van der Waals surface area contributed by atoms with Crippen molar-refractivity contribution in [3.8, 4) is 6.07 Å². The average Bonchev–Trinajstić information content (AvgIpc) is 3.20. The van der Waals surface area contributed by atoms with E-state index in [0.29, 0.717) is 0 Å².